The number of hydrogen-bond acceptors (Lipinski definition) is 3. The van der Waals surface area contributed by atoms with Gasteiger partial charge in [-0.05, 0) is 55.7 Å². The van der Waals surface area contributed by atoms with E-state index in [1.165, 1.54) is 6.42 Å². The number of nitrogens with zero attached hydrogens (tertiary/aromatic N) is 1. The first-order valence-corrected chi connectivity index (χ1v) is 11.8. The summed E-state index contributed by atoms with van der Waals surface area (Å²) >= 11 is 9.42. The largest absolute Gasteiger partial charge is 0.484 e. The van der Waals surface area contributed by atoms with Crippen LogP contribution < -0.4 is 10.1 Å². The molecule has 1 N–H and O–H groups in total. The topological polar surface area (TPSA) is 58.6 Å². The Hall–Kier alpha value is -2.05. The molecule has 166 valence electrons. The minimum Gasteiger partial charge on any atom is -0.484 e. The Bertz CT molecular complexity index is 885. The van der Waals surface area contributed by atoms with Gasteiger partial charge in [-0.15, -0.1) is 0 Å². The lowest BCUT2D eigenvalue weighted by molar-refractivity contribution is -0.142. The molecule has 0 heterocycles. The third-order valence-corrected chi connectivity index (χ3v) is 6.31. The van der Waals surface area contributed by atoms with Gasteiger partial charge in [-0.3, -0.25) is 9.59 Å². The molecule has 1 unspecified atom stereocenters. The predicted molar refractivity (Wildman–Crippen MR) is 126 cm³/mol. The minimum atomic E-state index is -0.610. The molecular weight excluding hydrogens is 480 g/mol. The highest BCUT2D eigenvalue weighted by Gasteiger charge is 2.28. The zero-order valence-corrected chi connectivity index (χ0v) is 20.0. The number of benzene rings is 2. The molecule has 3 rings (SSSR count). The van der Waals surface area contributed by atoms with Gasteiger partial charge in [-0.2, -0.15) is 0 Å². The van der Waals surface area contributed by atoms with Crippen molar-refractivity contribution in [3.8, 4) is 5.75 Å². The van der Waals surface area contributed by atoms with E-state index in [1.807, 2.05) is 24.3 Å². The van der Waals surface area contributed by atoms with Gasteiger partial charge in [-0.1, -0.05) is 65.0 Å². The Morgan fingerprint density at radius 1 is 1.16 bits per heavy atom. The zero-order chi connectivity index (χ0) is 22.2. The summed E-state index contributed by atoms with van der Waals surface area (Å²) < 4.78 is 6.61. The second-order valence-electron chi connectivity index (χ2n) is 7.91. The summed E-state index contributed by atoms with van der Waals surface area (Å²) in [6, 6.07) is 14.2. The van der Waals surface area contributed by atoms with Crippen molar-refractivity contribution in [3.05, 3.63) is 63.6 Å². The van der Waals surface area contributed by atoms with Crippen LogP contribution in [-0.4, -0.2) is 35.4 Å². The van der Waals surface area contributed by atoms with Crippen molar-refractivity contribution < 1.29 is 14.3 Å². The van der Waals surface area contributed by atoms with Crippen LogP contribution in [0.4, 0.5) is 0 Å². The van der Waals surface area contributed by atoms with Gasteiger partial charge in [0.25, 0.3) is 5.91 Å². The number of carbonyl (C=O) groups excluding carboxylic acids is 2. The van der Waals surface area contributed by atoms with E-state index in [9.17, 15) is 9.59 Å². The molecule has 7 heteroatoms. The highest BCUT2D eigenvalue weighted by atomic mass is 79.9. The van der Waals surface area contributed by atoms with Crippen LogP contribution in [0.3, 0.4) is 0 Å². The average molecular weight is 508 g/mol. The van der Waals surface area contributed by atoms with Crippen LogP contribution in [0.25, 0.3) is 0 Å². The van der Waals surface area contributed by atoms with Gasteiger partial charge in [-0.25, -0.2) is 0 Å². The fourth-order valence-corrected chi connectivity index (χ4v) is 4.17. The first kappa shape index (κ1) is 23.6. The lowest BCUT2D eigenvalue weighted by atomic mass is 9.95. The van der Waals surface area contributed by atoms with E-state index in [0.717, 1.165) is 35.7 Å². The first-order chi connectivity index (χ1) is 14.9. The van der Waals surface area contributed by atoms with Crippen molar-refractivity contribution in [3.63, 3.8) is 0 Å². The predicted octanol–water partition coefficient (Wildman–Crippen LogP) is 5.35. The number of ether oxygens (including phenoxy) is 1. The molecular formula is C24H28BrClN2O3. The molecule has 1 atom stereocenters. The summed E-state index contributed by atoms with van der Waals surface area (Å²) in [5, 5.41) is 3.67. The number of hydrogen-bond donors (Lipinski definition) is 1. The maximum absolute atomic E-state index is 13.1. The van der Waals surface area contributed by atoms with Crippen LogP contribution in [0.5, 0.6) is 5.75 Å². The number of halogens is 2. The third-order valence-electron chi connectivity index (χ3n) is 5.54. The SMILES string of the molecule is CC(C(=O)NC1CCCCC1)N(Cc1ccc(Br)cc1)C(=O)COc1cccc(Cl)c1. The third kappa shape index (κ3) is 7.25. The molecule has 1 aliphatic carbocycles. The van der Waals surface area contributed by atoms with E-state index in [-0.39, 0.29) is 24.5 Å². The summed E-state index contributed by atoms with van der Waals surface area (Å²) in [6.07, 6.45) is 5.48. The summed E-state index contributed by atoms with van der Waals surface area (Å²) in [5.41, 5.74) is 0.941. The van der Waals surface area contributed by atoms with Gasteiger partial charge in [0, 0.05) is 22.1 Å². The van der Waals surface area contributed by atoms with E-state index in [1.54, 1.807) is 36.1 Å². The van der Waals surface area contributed by atoms with E-state index in [4.69, 9.17) is 16.3 Å². The fraction of sp³-hybridized carbons (Fsp3) is 0.417. The molecule has 0 radical (unpaired) electrons. The zero-order valence-electron chi connectivity index (χ0n) is 17.7. The number of carbonyl (C=O) groups is 2. The molecule has 1 saturated carbocycles. The Labute approximate surface area is 197 Å². The Morgan fingerprint density at radius 2 is 1.87 bits per heavy atom. The molecule has 5 nitrogen and oxygen atoms in total. The highest BCUT2D eigenvalue weighted by molar-refractivity contribution is 9.10. The Balaban J connectivity index is 1.70. The molecule has 0 aromatic heterocycles. The summed E-state index contributed by atoms with van der Waals surface area (Å²) in [7, 11) is 0. The van der Waals surface area contributed by atoms with Gasteiger partial charge in [0.15, 0.2) is 6.61 Å². The maximum Gasteiger partial charge on any atom is 0.261 e. The first-order valence-electron chi connectivity index (χ1n) is 10.6. The van der Waals surface area contributed by atoms with Gasteiger partial charge >= 0.3 is 0 Å². The van der Waals surface area contributed by atoms with E-state index < -0.39 is 6.04 Å². The van der Waals surface area contributed by atoms with Crippen molar-refractivity contribution in [1.29, 1.82) is 0 Å². The Morgan fingerprint density at radius 3 is 2.55 bits per heavy atom. The van der Waals surface area contributed by atoms with Gasteiger partial charge in [0.1, 0.15) is 11.8 Å². The van der Waals surface area contributed by atoms with Crippen LogP contribution in [0.2, 0.25) is 5.02 Å². The summed E-state index contributed by atoms with van der Waals surface area (Å²) in [5.74, 6) is 0.137. The van der Waals surface area contributed by atoms with Crippen molar-refractivity contribution in [2.45, 2.75) is 57.7 Å². The maximum atomic E-state index is 13.1. The van der Waals surface area contributed by atoms with Crippen molar-refractivity contribution in [2.24, 2.45) is 0 Å². The van der Waals surface area contributed by atoms with Crippen LogP contribution >= 0.6 is 27.5 Å². The summed E-state index contributed by atoms with van der Waals surface area (Å²) in [4.78, 5) is 27.6. The molecule has 0 aliphatic heterocycles. The van der Waals surface area contributed by atoms with Crippen LogP contribution in [0.1, 0.15) is 44.6 Å². The standard InChI is InChI=1S/C24H28BrClN2O3/c1-17(24(30)27-21-7-3-2-4-8-21)28(15-18-10-12-19(25)13-11-18)23(29)16-31-22-9-5-6-20(26)14-22/h5-6,9-14,17,21H,2-4,7-8,15-16H2,1H3,(H,27,30). The Kier molecular flexibility index (Phi) is 8.79. The number of rotatable bonds is 8. The fourth-order valence-electron chi connectivity index (χ4n) is 3.72. The van der Waals surface area contributed by atoms with E-state index in [0.29, 0.717) is 17.3 Å². The van der Waals surface area contributed by atoms with Crippen LogP contribution in [0.15, 0.2) is 53.0 Å². The monoisotopic (exact) mass is 506 g/mol. The molecule has 1 aliphatic rings. The number of amides is 2. The lowest BCUT2D eigenvalue weighted by Crippen LogP contribution is -2.51. The van der Waals surface area contributed by atoms with Crippen molar-refractivity contribution >= 4 is 39.3 Å². The van der Waals surface area contributed by atoms with Gasteiger partial charge in [0.2, 0.25) is 5.91 Å². The second-order valence-corrected chi connectivity index (χ2v) is 9.27. The van der Waals surface area contributed by atoms with Crippen molar-refractivity contribution in [1.82, 2.24) is 10.2 Å². The molecule has 0 spiro atoms. The summed E-state index contributed by atoms with van der Waals surface area (Å²) in [6.45, 7) is 1.93. The van der Waals surface area contributed by atoms with Crippen molar-refractivity contribution in [2.75, 3.05) is 6.61 Å². The minimum absolute atomic E-state index is 0.125. The highest BCUT2D eigenvalue weighted by Crippen LogP contribution is 2.20. The molecule has 2 aromatic rings. The van der Waals surface area contributed by atoms with Gasteiger partial charge in [0.05, 0.1) is 0 Å². The quantitative estimate of drug-likeness (QED) is 0.524. The van der Waals surface area contributed by atoms with Gasteiger partial charge < -0.3 is 15.0 Å². The normalized spacial score (nSPS) is 15.2. The molecule has 2 aromatic carbocycles. The number of nitrogens with one attached hydrogen (secondary N) is 1. The smallest absolute Gasteiger partial charge is 0.261 e. The van der Waals surface area contributed by atoms with Crippen LogP contribution in [0, 0.1) is 0 Å². The molecule has 1 fully saturated rings. The average Bonchev–Trinajstić information content (AvgIpc) is 2.77. The second kappa shape index (κ2) is 11.5. The molecule has 31 heavy (non-hydrogen) atoms. The van der Waals surface area contributed by atoms with Crippen LogP contribution in [-0.2, 0) is 16.1 Å². The lowest BCUT2D eigenvalue weighted by Gasteiger charge is -2.31. The molecule has 0 bridgehead atoms. The molecule has 2 amide bonds. The van der Waals surface area contributed by atoms with E-state index >= 15 is 0 Å². The molecule has 0 saturated heterocycles. The van der Waals surface area contributed by atoms with E-state index in [2.05, 4.69) is 21.2 Å².